The van der Waals surface area contributed by atoms with Gasteiger partial charge in [-0.15, -0.1) is 0 Å². The first-order valence-electron chi connectivity index (χ1n) is 5.62. The first-order valence-corrected chi connectivity index (χ1v) is 5.62. The Balaban J connectivity index is 2.77. The molecule has 1 aromatic carbocycles. The summed E-state index contributed by atoms with van der Waals surface area (Å²) < 4.78 is 25.7. The Morgan fingerprint density at radius 2 is 1.94 bits per heavy atom. The van der Waals surface area contributed by atoms with E-state index in [-0.39, 0.29) is 30.6 Å². The van der Waals surface area contributed by atoms with Gasteiger partial charge in [0.2, 0.25) is 0 Å². The van der Waals surface area contributed by atoms with E-state index < -0.39 is 11.6 Å². The summed E-state index contributed by atoms with van der Waals surface area (Å²) in [4.78, 5) is 11.9. The van der Waals surface area contributed by atoms with E-state index >= 15 is 0 Å². The van der Waals surface area contributed by atoms with Crippen molar-refractivity contribution in [2.75, 3.05) is 6.54 Å². The van der Waals surface area contributed by atoms with Crippen LogP contribution in [0.15, 0.2) is 18.2 Å². The molecule has 0 spiro atoms. The SMILES string of the molecule is CC(C)C(CN)C(=O)Cc1ccc(F)c(F)c1. The fraction of sp³-hybridized carbons (Fsp3) is 0.462. The van der Waals surface area contributed by atoms with Gasteiger partial charge in [-0.1, -0.05) is 19.9 Å². The Morgan fingerprint density at radius 3 is 2.41 bits per heavy atom. The van der Waals surface area contributed by atoms with Gasteiger partial charge in [0.25, 0.3) is 0 Å². The number of carbonyl (C=O) groups is 1. The van der Waals surface area contributed by atoms with Crippen LogP contribution in [0.5, 0.6) is 0 Å². The van der Waals surface area contributed by atoms with Gasteiger partial charge < -0.3 is 5.73 Å². The quantitative estimate of drug-likeness (QED) is 0.859. The van der Waals surface area contributed by atoms with Gasteiger partial charge in [0.1, 0.15) is 5.78 Å². The average molecular weight is 241 g/mol. The second-order valence-corrected chi connectivity index (χ2v) is 4.48. The topological polar surface area (TPSA) is 43.1 Å². The summed E-state index contributed by atoms with van der Waals surface area (Å²) in [5.74, 6) is -1.95. The van der Waals surface area contributed by atoms with Crippen molar-refractivity contribution in [1.29, 1.82) is 0 Å². The zero-order chi connectivity index (χ0) is 13.0. The Kier molecular flexibility index (Phi) is 4.75. The van der Waals surface area contributed by atoms with Crippen LogP contribution in [-0.4, -0.2) is 12.3 Å². The molecular weight excluding hydrogens is 224 g/mol. The number of hydrogen-bond donors (Lipinski definition) is 1. The van der Waals surface area contributed by atoms with Crippen LogP contribution in [0.4, 0.5) is 8.78 Å². The van der Waals surface area contributed by atoms with Crippen molar-refractivity contribution in [2.45, 2.75) is 20.3 Å². The van der Waals surface area contributed by atoms with Crippen molar-refractivity contribution in [2.24, 2.45) is 17.6 Å². The van der Waals surface area contributed by atoms with E-state index in [9.17, 15) is 13.6 Å². The molecule has 2 nitrogen and oxygen atoms in total. The van der Waals surface area contributed by atoms with E-state index in [1.165, 1.54) is 6.07 Å². The van der Waals surface area contributed by atoms with Crippen LogP contribution < -0.4 is 5.73 Å². The highest BCUT2D eigenvalue weighted by atomic mass is 19.2. The van der Waals surface area contributed by atoms with E-state index in [0.29, 0.717) is 5.56 Å². The maximum atomic E-state index is 13.0. The van der Waals surface area contributed by atoms with Crippen LogP contribution in [0.2, 0.25) is 0 Å². The van der Waals surface area contributed by atoms with E-state index in [1.807, 2.05) is 13.8 Å². The zero-order valence-electron chi connectivity index (χ0n) is 10.0. The molecule has 2 N–H and O–H groups in total. The minimum absolute atomic E-state index is 0.0338. The molecule has 0 aliphatic carbocycles. The summed E-state index contributed by atoms with van der Waals surface area (Å²) in [6.07, 6.45) is 0.0945. The molecule has 1 unspecified atom stereocenters. The van der Waals surface area contributed by atoms with Crippen molar-refractivity contribution in [3.8, 4) is 0 Å². The minimum Gasteiger partial charge on any atom is -0.330 e. The van der Waals surface area contributed by atoms with Crippen molar-refractivity contribution in [3.63, 3.8) is 0 Å². The van der Waals surface area contributed by atoms with Crippen molar-refractivity contribution in [1.82, 2.24) is 0 Å². The first kappa shape index (κ1) is 13.8. The Morgan fingerprint density at radius 1 is 1.29 bits per heavy atom. The number of carbonyl (C=O) groups excluding carboxylic acids is 1. The summed E-state index contributed by atoms with van der Waals surface area (Å²) in [5.41, 5.74) is 6.01. The van der Waals surface area contributed by atoms with Crippen LogP contribution in [0.25, 0.3) is 0 Å². The molecule has 1 aromatic rings. The van der Waals surface area contributed by atoms with Crippen molar-refractivity contribution < 1.29 is 13.6 Å². The van der Waals surface area contributed by atoms with E-state index in [2.05, 4.69) is 0 Å². The molecule has 0 radical (unpaired) electrons. The molecule has 0 bridgehead atoms. The van der Waals surface area contributed by atoms with Gasteiger partial charge in [-0.2, -0.15) is 0 Å². The fourth-order valence-electron chi connectivity index (χ4n) is 1.76. The molecular formula is C13H17F2NO. The van der Waals surface area contributed by atoms with Gasteiger partial charge in [-0.3, -0.25) is 4.79 Å². The zero-order valence-corrected chi connectivity index (χ0v) is 10.0. The molecule has 0 aromatic heterocycles. The summed E-state index contributed by atoms with van der Waals surface area (Å²) in [6, 6.07) is 3.51. The maximum absolute atomic E-state index is 13.0. The third kappa shape index (κ3) is 3.60. The number of halogens is 2. The van der Waals surface area contributed by atoms with Gasteiger partial charge in [0.05, 0.1) is 0 Å². The van der Waals surface area contributed by atoms with Crippen LogP contribution in [0.3, 0.4) is 0 Å². The molecule has 0 amide bonds. The standard InChI is InChI=1S/C13H17F2NO/c1-8(2)10(7-16)13(17)6-9-3-4-11(14)12(15)5-9/h3-5,8,10H,6-7,16H2,1-2H3. The van der Waals surface area contributed by atoms with Crippen LogP contribution in [0.1, 0.15) is 19.4 Å². The van der Waals surface area contributed by atoms with Gasteiger partial charge in [0, 0.05) is 18.9 Å². The molecule has 0 aliphatic heterocycles. The average Bonchev–Trinajstić information content (AvgIpc) is 2.24. The predicted octanol–water partition coefficient (Wildman–Crippen LogP) is 2.31. The molecule has 0 fully saturated rings. The highest BCUT2D eigenvalue weighted by Crippen LogP contribution is 2.15. The number of hydrogen-bond acceptors (Lipinski definition) is 2. The lowest BCUT2D eigenvalue weighted by Crippen LogP contribution is -2.29. The normalized spacial score (nSPS) is 12.8. The predicted molar refractivity (Wildman–Crippen MR) is 62.5 cm³/mol. The van der Waals surface area contributed by atoms with Crippen molar-refractivity contribution in [3.05, 3.63) is 35.4 Å². The largest absolute Gasteiger partial charge is 0.330 e. The van der Waals surface area contributed by atoms with Gasteiger partial charge in [-0.25, -0.2) is 8.78 Å². The number of Topliss-reactive ketones (excluding diaryl/α,β-unsaturated/α-hetero) is 1. The van der Waals surface area contributed by atoms with Crippen LogP contribution >= 0.6 is 0 Å². The number of nitrogens with two attached hydrogens (primary N) is 1. The van der Waals surface area contributed by atoms with Crippen LogP contribution in [0, 0.1) is 23.5 Å². The molecule has 0 heterocycles. The Bertz CT molecular complexity index is 404. The highest BCUT2D eigenvalue weighted by Gasteiger charge is 2.20. The number of rotatable bonds is 5. The summed E-state index contributed by atoms with van der Waals surface area (Å²) in [6.45, 7) is 4.11. The molecule has 0 saturated heterocycles. The monoisotopic (exact) mass is 241 g/mol. The third-order valence-corrected chi connectivity index (χ3v) is 2.83. The maximum Gasteiger partial charge on any atom is 0.159 e. The molecule has 94 valence electrons. The lowest BCUT2D eigenvalue weighted by molar-refractivity contribution is -0.123. The Labute approximate surface area is 99.8 Å². The Hall–Kier alpha value is -1.29. The van der Waals surface area contributed by atoms with E-state index in [1.54, 1.807) is 0 Å². The van der Waals surface area contributed by atoms with Crippen LogP contribution in [-0.2, 0) is 11.2 Å². The molecule has 0 saturated carbocycles. The molecule has 1 atom stereocenters. The molecule has 0 aliphatic rings. The summed E-state index contributed by atoms with van der Waals surface area (Å²) in [5, 5.41) is 0. The molecule has 17 heavy (non-hydrogen) atoms. The first-order chi connectivity index (χ1) is 7.95. The fourth-order valence-corrected chi connectivity index (χ4v) is 1.76. The van der Waals surface area contributed by atoms with Crippen molar-refractivity contribution >= 4 is 5.78 Å². The molecule has 4 heteroatoms. The summed E-state index contributed by atoms with van der Waals surface area (Å²) in [7, 11) is 0. The van der Waals surface area contributed by atoms with E-state index in [0.717, 1.165) is 12.1 Å². The summed E-state index contributed by atoms with van der Waals surface area (Å²) >= 11 is 0. The number of benzene rings is 1. The van der Waals surface area contributed by atoms with E-state index in [4.69, 9.17) is 5.73 Å². The minimum atomic E-state index is -0.927. The van der Waals surface area contributed by atoms with Gasteiger partial charge in [-0.05, 0) is 23.6 Å². The lowest BCUT2D eigenvalue weighted by Gasteiger charge is -2.17. The molecule has 1 rings (SSSR count). The lowest BCUT2D eigenvalue weighted by atomic mass is 9.88. The highest BCUT2D eigenvalue weighted by molar-refractivity contribution is 5.83. The van der Waals surface area contributed by atoms with Gasteiger partial charge >= 0.3 is 0 Å². The second kappa shape index (κ2) is 5.87. The second-order valence-electron chi connectivity index (χ2n) is 4.48. The smallest absolute Gasteiger partial charge is 0.159 e. The third-order valence-electron chi connectivity index (χ3n) is 2.83. The number of ketones is 1. The van der Waals surface area contributed by atoms with Gasteiger partial charge in [0.15, 0.2) is 11.6 Å².